The van der Waals surface area contributed by atoms with E-state index in [0.717, 1.165) is 95.5 Å². The van der Waals surface area contributed by atoms with Crippen LogP contribution in [-0.4, -0.2) is 183 Å². The zero-order valence-corrected chi connectivity index (χ0v) is 78.5. The second-order valence-electron chi connectivity index (χ2n) is 33.8. The van der Waals surface area contributed by atoms with E-state index in [2.05, 4.69) is 136 Å². The standard InChI is InChI=1S/C38H43FN2O3Si.C33H34FNO4Si.C22H25FN2O3.C4H9NO2S.C4H8O.C2H6.CH4/c1-38(2,3)45(33-13-7-4-8-14-33,34-15-9-5-10-16-34)44-28-25-35(37(43)41-26-11-6-12-27-41)40-36(42)31-19-17-29(18-20-31)30-21-23-32(39)24-22-30;1-33(2,3)40(28-10-6-4-7-11-28,29-12-8-5-9-13-29)39-23-22-30(32(37)38)35-31(36)26-16-14-24(15-17-26)25-18-20-27(34)21-19-25;23-19-10-8-17(9-11-19)16-4-6-18(7-5-16)21(27)24-20(12-15-26)22(28)25-13-2-1-3-14-25;6-8(7)3-1-5-2-4-8;1-2-4-5-3-1;1-2;/h4-5,7-10,13-24,35H,6,11-12,25-28H2,1-3H3,(H,40,42);4-21,30H,22-23H2,1-3H3,(H,35,36)(H,37,38);4-11,20,26H,1-3,12-15H2,(H,24,27);5H,1-4H2;1-4H2;1-2H3;1H4/t35-;30-;20-;;;;/m000..../s1/i;;;;;2*1D. The van der Waals surface area contributed by atoms with Gasteiger partial charge in [0.1, 0.15) is 35.6 Å². The molecule has 0 radical (unpaired) electrons. The molecule has 10 aromatic rings. The number of benzene rings is 10. The van der Waals surface area contributed by atoms with Gasteiger partial charge in [-0.05, 0) is 201 Å². The number of piperidine rings is 2. The summed E-state index contributed by atoms with van der Waals surface area (Å²) < 4.78 is 91.7. The van der Waals surface area contributed by atoms with Crippen LogP contribution in [0.4, 0.5) is 13.2 Å². The molecule has 0 unspecified atom stereocenters. The molecule has 688 valence electrons. The van der Waals surface area contributed by atoms with Gasteiger partial charge in [0.05, 0.1) is 11.5 Å². The van der Waals surface area contributed by atoms with Gasteiger partial charge < -0.3 is 54.9 Å². The number of hydrogen-bond acceptors (Lipinski definition) is 13. The molecular formula is C104H129F3N6O13SSi2. The lowest BCUT2D eigenvalue weighted by Crippen LogP contribution is -2.66. The van der Waals surface area contributed by atoms with Crippen LogP contribution in [0.25, 0.3) is 33.4 Å². The Morgan fingerprint density at radius 3 is 0.938 bits per heavy atom. The highest BCUT2D eigenvalue weighted by Crippen LogP contribution is 2.39. The van der Waals surface area contributed by atoms with Crippen LogP contribution in [0.1, 0.15) is 167 Å². The third kappa shape index (κ3) is 30.0. The van der Waals surface area contributed by atoms with Gasteiger partial charge in [-0.25, -0.2) is 26.4 Å². The topological polar surface area (TPSA) is 259 Å². The highest BCUT2D eigenvalue weighted by atomic mass is 32.2. The zero-order valence-electron chi connectivity index (χ0n) is 77.6. The van der Waals surface area contributed by atoms with Crippen LogP contribution in [0.3, 0.4) is 0 Å². The van der Waals surface area contributed by atoms with Crippen LogP contribution in [-0.2, 0) is 37.8 Å². The van der Waals surface area contributed by atoms with E-state index < -0.39 is 56.5 Å². The minimum absolute atomic E-state index is 0.0583. The Kier molecular flexibility index (Phi) is 39.9. The number of aliphatic hydroxyl groups is 1. The van der Waals surface area contributed by atoms with Crippen molar-refractivity contribution in [3.05, 3.63) is 301 Å². The number of nitrogens with zero attached hydrogens (tertiary/aromatic N) is 2. The third-order valence-electron chi connectivity index (χ3n) is 22.8. The predicted octanol–water partition coefficient (Wildman–Crippen LogP) is 16.7. The summed E-state index contributed by atoms with van der Waals surface area (Å²) in [6.07, 6.45) is 9.31. The van der Waals surface area contributed by atoms with Gasteiger partial charge in [-0.3, -0.25) is 24.0 Å². The maximum absolute atomic E-state index is 13.9. The quantitative estimate of drug-likeness (QED) is 0.0276. The number of carboxylic acid groups (broad SMARTS) is 1. The lowest BCUT2D eigenvalue weighted by atomic mass is 10.0. The summed E-state index contributed by atoms with van der Waals surface area (Å²) in [6, 6.07) is 77.9. The summed E-state index contributed by atoms with van der Waals surface area (Å²) in [5.74, 6) is -2.74. The van der Waals surface area contributed by atoms with Crippen LogP contribution in [0.15, 0.2) is 267 Å². The van der Waals surface area contributed by atoms with Gasteiger partial charge in [-0.2, -0.15) is 0 Å². The molecule has 4 saturated heterocycles. The Bertz CT molecular complexity index is 5120. The molecule has 0 spiro atoms. The van der Waals surface area contributed by atoms with Crippen LogP contribution >= 0.6 is 0 Å². The first kappa shape index (κ1) is 100. The maximum Gasteiger partial charge on any atom is 0.326 e. The number of aliphatic carboxylic acids is 1. The van der Waals surface area contributed by atoms with Crippen molar-refractivity contribution in [2.75, 3.05) is 83.8 Å². The van der Waals surface area contributed by atoms with E-state index in [1.165, 1.54) is 67.0 Å². The molecule has 0 aromatic heterocycles. The first-order valence-electron chi connectivity index (χ1n) is 45.9. The third-order valence-corrected chi connectivity index (χ3v) is 34.6. The van der Waals surface area contributed by atoms with Gasteiger partial charge in [0.25, 0.3) is 34.4 Å². The van der Waals surface area contributed by atoms with Gasteiger partial charge >= 0.3 is 5.97 Å². The second-order valence-corrected chi connectivity index (χ2v) is 44.7. The first-order chi connectivity index (χ1) is 63.0. The normalized spacial score (nSPS) is 15.1. The number of nitrogens with one attached hydrogen (secondary N) is 4. The number of sulfone groups is 1. The number of carboxylic acids is 1. The Morgan fingerprint density at radius 1 is 0.434 bits per heavy atom. The summed E-state index contributed by atoms with van der Waals surface area (Å²) in [6.45, 7) is 21.8. The number of halogens is 3. The van der Waals surface area contributed by atoms with Crippen molar-refractivity contribution in [2.45, 2.75) is 162 Å². The number of ether oxygens (including phenoxy) is 1. The molecule has 14 rings (SSSR count). The first-order valence-corrected chi connectivity index (χ1v) is 49.8. The largest absolute Gasteiger partial charge is 0.480 e. The Balaban J connectivity index is 0.000000224. The molecule has 19 nitrogen and oxygen atoms in total. The number of carbonyl (C=O) groups excluding carboxylic acids is 5. The molecule has 4 fully saturated rings. The van der Waals surface area contributed by atoms with Gasteiger partial charge in [0, 0.05) is 98.2 Å². The van der Waals surface area contributed by atoms with Crippen molar-refractivity contribution in [1.82, 2.24) is 31.1 Å². The Hall–Kier alpha value is -11.0. The number of hydrogen-bond donors (Lipinski definition) is 6. The smallest absolute Gasteiger partial charge is 0.326 e. The minimum Gasteiger partial charge on any atom is -0.480 e. The van der Waals surface area contributed by atoms with Crippen LogP contribution in [0.2, 0.25) is 10.1 Å². The van der Waals surface area contributed by atoms with Gasteiger partial charge in [0.2, 0.25) is 11.8 Å². The summed E-state index contributed by atoms with van der Waals surface area (Å²) >= 11 is 0. The molecule has 10 aromatic carbocycles. The van der Waals surface area contributed by atoms with Gasteiger partial charge in [0.15, 0.2) is 9.84 Å². The SMILES string of the molecule is C1CCOC1.CC(C)(C)[Si](OCC[C@H](NC(=O)c1ccc(-c2ccc(F)cc2)cc1)C(=O)N1CCCCC1)(c1ccccc1)c1ccccc1.CC(C)(C)[Si](OCC[C@H](NC(=O)c1ccc(-c2ccc(F)cc2)cc1)C(=O)O)(c1ccccc1)c1ccccc1.O=C(N[C@@H](CCO)C(=O)N1CCCCC1)c1ccc(-c2ccc(F)cc2)cc1.O=S1(=O)CCNCC1.[2H]C.[2H]CC. The van der Waals surface area contributed by atoms with E-state index in [4.69, 9.17) is 16.3 Å². The molecule has 3 atom stereocenters. The molecule has 5 amide bonds. The number of carbonyl (C=O) groups is 6. The monoisotopic (exact) mass is 1820 g/mol. The fourth-order valence-electron chi connectivity index (χ4n) is 16.0. The number of amides is 5. The number of aliphatic hydroxyl groups excluding tert-OH is 1. The molecular weight excluding hydrogens is 1690 g/mol. The molecule has 4 aliphatic heterocycles. The summed E-state index contributed by atoms with van der Waals surface area (Å²) in [5.41, 5.74) is 6.34. The van der Waals surface area contributed by atoms with Crippen molar-refractivity contribution in [1.29, 1.82) is 0 Å². The van der Waals surface area contributed by atoms with Crippen molar-refractivity contribution in [3.8, 4) is 33.4 Å². The molecule has 129 heavy (non-hydrogen) atoms. The molecule has 4 heterocycles. The lowest BCUT2D eigenvalue weighted by Gasteiger charge is -2.43. The van der Waals surface area contributed by atoms with Gasteiger partial charge in [-0.1, -0.05) is 257 Å². The van der Waals surface area contributed by atoms with E-state index in [-0.39, 0.29) is 77.2 Å². The Morgan fingerprint density at radius 2 is 0.698 bits per heavy atom. The highest BCUT2D eigenvalue weighted by molar-refractivity contribution is 7.91. The lowest BCUT2D eigenvalue weighted by molar-refractivity contribution is -0.139. The van der Waals surface area contributed by atoms with E-state index in [0.29, 0.717) is 87.4 Å². The minimum atomic E-state index is -2.83. The molecule has 4 aliphatic rings. The maximum atomic E-state index is 13.9. The second kappa shape index (κ2) is 51.4. The van der Waals surface area contributed by atoms with Crippen molar-refractivity contribution < 1.29 is 76.9 Å². The predicted molar refractivity (Wildman–Crippen MR) is 516 cm³/mol. The van der Waals surface area contributed by atoms with Crippen molar-refractivity contribution in [3.63, 3.8) is 0 Å². The molecule has 0 aliphatic carbocycles. The Labute approximate surface area is 766 Å². The van der Waals surface area contributed by atoms with E-state index >= 15 is 0 Å². The molecule has 0 bridgehead atoms. The van der Waals surface area contributed by atoms with Crippen LogP contribution in [0.5, 0.6) is 0 Å². The number of likely N-dealkylation sites (tertiary alicyclic amines) is 2. The van der Waals surface area contributed by atoms with Crippen LogP contribution < -0.4 is 42.0 Å². The average Bonchev–Trinajstić information content (AvgIpc) is 0.891. The molecule has 6 N–H and O–H groups in total. The van der Waals surface area contributed by atoms with Crippen molar-refractivity contribution >= 4 is 82.7 Å². The number of rotatable bonds is 26. The average molecular weight is 1820 g/mol. The van der Waals surface area contributed by atoms with Crippen LogP contribution in [0, 0.1) is 17.5 Å². The van der Waals surface area contributed by atoms with E-state index in [1.807, 2.05) is 65.6 Å². The van der Waals surface area contributed by atoms with E-state index in [9.17, 15) is 60.6 Å². The fraction of sp³-hybridized carbons (Fsp3) is 0.365. The van der Waals surface area contributed by atoms with Gasteiger partial charge in [-0.15, -0.1) is 0 Å². The zero-order chi connectivity index (χ0) is 94.8. The summed E-state index contributed by atoms with van der Waals surface area (Å²) in [5, 5.41) is 34.8. The summed E-state index contributed by atoms with van der Waals surface area (Å²) in [7, 11) is -7.02. The van der Waals surface area contributed by atoms with Crippen molar-refractivity contribution in [2.24, 2.45) is 0 Å². The van der Waals surface area contributed by atoms with E-state index in [1.54, 1.807) is 109 Å². The fourth-order valence-corrected chi connectivity index (χ4v) is 26.3. The highest BCUT2D eigenvalue weighted by Gasteiger charge is 2.52. The molecule has 25 heteroatoms. The summed E-state index contributed by atoms with van der Waals surface area (Å²) in [4.78, 5) is 81.4. The molecule has 0 saturated carbocycles.